The number of nitriles is 1. The van der Waals surface area contributed by atoms with Gasteiger partial charge in [0.1, 0.15) is 11.7 Å². The number of H-pyrrole nitrogens is 1. The molecule has 0 saturated carbocycles. The Balaban J connectivity index is 2.66. The van der Waals surface area contributed by atoms with Crippen molar-refractivity contribution in [1.82, 2.24) is 9.38 Å². The standard InChI is InChI=1S/C14H11N3O/c1-8-3-4-12-11(5-8)16-14-10(7-15)9(2)6-13(18)17(12)14/h3-6,16H,1-2H3. The Morgan fingerprint density at radius 1 is 1.28 bits per heavy atom. The number of aryl methyl sites for hydroxylation is 2. The lowest BCUT2D eigenvalue weighted by Gasteiger charge is -1.99. The van der Waals surface area contributed by atoms with E-state index in [-0.39, 0.29) is 5.56 Å². The number of hydrogen-bond acceptors (Lipinski definition) is 2. The first-order valence-electron chi connectivity index (χ1n) is 5.66. The van der Waals surface area contributed by atoms with Crippen LogP contribution >= 0.6 is 0 Å². The van der Waals surface area contributed by atoms with Crippen LogP contribution in [0.25, 0.3) is 16.7 Å². The number of benzene rings is 1. The molecule has 0 bridgehead atoms. The van der Waals surface area contributed by atoms with Crippen LogP contribution in [0.2, 0.25) is 0 Å². The third-order valence-corrected chi connectivity index (χ3v) is 3.17. The Morgan fingerprint density at radius 3 is 2.78 bits per heavy atom. The molecule has 4 heteroatoms. The Hall–Kier alpha value is -2.54. The molecule has 0 fully saturated rings. The second-order valence-corrected chi connectivity index (χ2v) is 4.48. The summed E-state index contributed by atoms with van der Waals surface area (Å²) < 4.78 is 1.56. The van der Waals surface area contributed by atoms with Gasteiger partial charge in [-0.3, -0.25) is 9.20 Å². The number of nitrogens with zero attached hydrogens (tertiary/aromatic N) is 2. The summed E-state index contributed by atoms with van der Waals surface area (Å²) in [5.41, 5.74) is 4.46. The van der Waals surface area contributed by atoms with Crippen molar-refractivity contribution in [3.63, 3.8) is 0 Å². The first-order valence-corrected chi connectivity index (χ1v) is 5.66. The maximum atomic E-state index is 12.1. The topological polar surface area (TPSA) is 61.1 Å². The molecule has 2 heterocycles. The van der Waals surface area contributed by atoms with Crippen LogP contribution in [-0.2, 0) is 0 Å². The Labute approximate surface area is 103 Å². The van der Waals surface area contributed by atoms with Crippen LogP contribution in [0.3, 0.4) is 0 Å². The lowest BCUT2D eigenvalue weighted by atomic mass is 10.1. The molecule has 2 aromatic heterocycles. The van der Waals surface area contributed by atoms with E-state index in [1.807, 2.05) is 25.1 Å². The highest BCUT2D eigenvalue weighted by Gasteiger charge is 2.12. The van der Waals surface area contributed by atoms with Gasteiger partial charge in [0.05, 0.1) is 16.6 Å². The average molecular weight is 237 g/mol. The molecular formula is C14H11N3O. The molecule has 0 radical (unpaired) electrons. The molecule has 3 aromatic rings. The predicted molar refractivity (Wildman–Crippen MR) is 69.7 cm³/mol. The third-order valence-electron chi connectivity index (χ3n) is 3.17. The molecule has 0 aliphatic rings. The minimum absolute atomic E-state index is 0.114. The van der Waals surface area contributed by atoms with Crippen LogP contribution < -0.4 is 5.56 Å². The number of imidazole rings is 1. The van der Waals surface area contributed by atoms with Crippen LogP contribution in [0, 0.1) is 25.2 Å². The smallest absolute Gasteiger partial charge is 0.257 e. The quantitative estimate of drug-likeness (QED) is 0.652. The highest BCUT2D eigenvalue weighted by Crippen LogP contribution is 2.19. The molecule has 18 heavy (non-hydrogen) atoms. The molecule has 0 saturated heterocycles. The number of aromatic amines is 1. The summed E-state index contributed by atoms with van der Waals surface area (Å²) in [7, 11) is 0. The van der Waals surface area contributed by atoms with Crippen LogP contribution in [-0.4, -0.2) is 9.38 Å². The molecule has 0 aliphatic carbocycles. The lowest BCUT2D eigenvalue weighted by molar-refractivity contribution is 1.12. The van der Waals surface area contributed by atoms with Crippen LogP contribution in [0.15, 0.2) is 29.1 Å². The van der Waals surface area contributed by atoms with Crippen molar-refractivity contribution >= 4 is 16.7 Å². The number of fused-ring (bicyclic) bond motifs is 3. The second-order valence-electron chi connectivity index (χ2n) is 4.48. The lowest BCUT2D eigenvalue weighted by Crippen LogP contribution is -2.13. The summed E-state index contributed by atoms with van der Waals surface area (Å²) >= 11 is 0. The van der Waals surface area contributed by atoms with Crippen molar-refractivity contribution in [2.45, 2.75) is 13.8 Å². The first-order chi connectivity index (χ1) is 8.61. The van der Waals surface area contributed by atoms with Gasteiger partial charge < -0.3 is 4.98 Å². The van der Waals surface area contributed by atoms with E-state index in [2.05, 4.69) is 11.1 Å². The fourth-order valence-electron chi connectivity index (χ4n) is 2.30. The zero-order chi connectivity index (χ0) is 12.9. The summed E-state index contributed by atoms with van der Waals surface area (Å²) in [6.45, 7) is 3.76. The van der Waals surface area contributed by atoms with E-state index in [1.165, 1.54) is 6.07 Å². The first kappa shape index (κ1) is 10.6. The zero-order valence-electron chi connectivity index (χ0n) is 10.1. The minimum atomic E-state index is -0.114. The van der Waals surface area contributed by atoms with Gasteiger partial charge in [-0.1, -0.05) is 6.07 Å². The number of aromatic nitrogens is 2. The predicted octanol–water partition coefficient (Wildman–Crippen LogP) is 2.27. The van der Waals surface area contributed by atoms with Crippen LogP contribution in [0.1, 0.15) is 16.7 Å². The van der Waals surface area contributed by atoms with Crippen molar-refractivity contribution in [1.29, 1.82) is 5.26 Å². The SMILES string of the molecule is Cc1ccc2c(c1)[nH]c1c(C#N)c(C)cc(=O)n12. The van der Waals surface area contributed by atoms with Crippen molar-refractivity contribution < 1.29 is 0 Å². The van der Waals surface area contributed by atoms with E-state index in [1.54, 1.807) is 11.3 Å². The largest absolute Gasteiger partial charge is 0.338 e. The van der Waals surface area contributed by atoms with Gasteiger partial charge in [-0.15, -0.1) is 0 Å². The Bertz CT molecular complexity index is 878. The van der Waals surface area contributed by atoms with E-state index in [0.29, 0.717) is 16.8 Å². The molecule has 0 unspecified atom stereocenters. The number of hydrogen-bond donors (Lipinski definition) is 1. The summed E-state index contributed by atoms with van der Waals surface area (Å²) in [4.78, 5) is 15.2. The molecule has 0 atom stereocenters. The van der Waals surface area contributed by atoms with Crippen molar-refractivity contribution in [3.8, 4) is 6.07 Å². The molecule has 88 valence electrons. The van der Waals surface area contributed by atoms with E-state index >= 15 is 0 Å². The molecular weight excluding hydrogens is 226 g/mol. The van der Waals surface area contributed by atoms with E-state index < -0.39 is 0 Å². The third kappa shape index (κ3) is 1.28. The van der Waals surface area contributed by atoms with Gasteiger partial charge in [0.25, 0.3) is 5.56 Å². The fourth-order valence-corrected chi connectivity index (χ4v) is 2.30. The maximum Gasteiger partial charge on any atom is 0.257 e. The molecule has 0 spiro atoms. The van der Waals surface area contributed by atoms with E-state index in [4.69, 9.17) is 0 Å². The van der Waals surface area contributed by atoms with Gasteiger partial charge in [0.15, 0.2) is 0 Å². The molecule has 0 aliphatic heterocycles. The monoisotopic (exact) mass is 237 g/mol. The van der Waals surface area contributed by atoms with Crippen LogP contribution in [0.5, 0.6) is 0 Å². The van der Waals surface area contributed by atoms with Gasteiger partial charge in [0.2, 0.25) is 0 Å². The summed E-state index contributed by atoms with van der Waals surface area (Å²) in [5.74, 6) is 0. The number of rotatable bonds is 0. The van der Waals surface area contributed by atoms with E-state index in [0.717, 1.165) is 16.6 Å². The van der Waals surface area contributed by atoms with Gasteiger partial charge in [-0.2, -0.15) is 5.26 Å². The molecule has 1 aromatic carbocycles. The van der Waals surface area contributed by atoms with Crippen molar-refractivity contribution in [3.05, 3.63) is 51.3 Å². The highest BCUT2D eigenvalue weighted by atomic mass is 16.1. The van der Waals surface area contributed by atoms with Crippen LogP contribution in [0.4, 0.5) is 0 Å². The zero-order valence-corrected chi connectivity index (χ0v) is 10.1. The Kier molecular flexibility index (Phi) is 2.05. The number of nitrogens with one attached hydrogen (secondary N) is 1. The van der Waals surface area contributed by atoms with Gasteiger partial charge >= 0.3 is 0 Å². The second kappa shape index (κ2) is 3.47. The molecule has 1 N–H and O–H groups in total. The highest BCUT2D eigenvalue weighted by molar-refractivity contribution is 5.83. The number of pyridine rings is 1. The fraction of sp³-hybridized carbons (Fsp3) is 0.143. The summed E-state index contributed by atoms with van der Waals surface area (Å²) in [6, 6.07) is 9.47. The average Bonchev–Trinajstić information content (AvgIpc) is 2.67. The van der Waals surface area contributed by atoms with Gasteiger partial charge in [-0.05, 0) is 37.1 Å². The molecule has 3 rings (SSSR count). The maximum absolute atomic E-state index is 12.1. The van der Waals surface area contributed by atoms with Gasteiger partial charge in [0, 0.05) is 6.07 Å². The minimum Gasteiger partial charge on any atom is -0.338 e. The van der Waals surface area contributed by atoms with E-state index in [9.17, 15) is 10.1 Å². The normalized spacial score (nSPS) is 10.9. The van der Waals surface area contributed by atoms with Crippen molar-refractivity contribution in [2.24, 2.45) is 0 Å². The summed E-state index contributed by atoms with van der Waals surface area (Å²) in [5, 5.41) is 9.20. The summed E-state index contributed by atoms with van der Waals surface area (Å²) in [6.07, 6.45) is 0. The Morgan fingerprint density at radius 2 is 2.06 bits per heavy atom. The van der Waals surface area contributed by atoms with Gasteiger partial charge in [-0.25, -0.2) is 0 Å². The van der Waals surface area contributed by atoms with Crippen molar-refractivity contribution in [2.75, 3.05) is 0 Å². The molecule has 0 amide bonds. The molecule has 4 nitrogen and oxygen atoms in total.